The van der Waals surface area contributed by atoms with Crippen molar-refractivity contribution in [2.75, 3.05) is 31.4 Å². The molecule has 1 heterocycles. The highest BCUT2D eigenvalue weighted by molar-refractivity contribution is 5.96. The van der Waals surface area contributed by atoms with E-state index in [1.807, 2.05) is 62.4 Å². The molecular formula is C22H27N3O2. The molecule has 0 aromatic heterocycles. The summed E-state index contributed by atoms with van der Waals surface area (Å²) >= 11 is 0. The topological polar surface area (TPSA) is 52.6 Å². The molecule has 0 saturated carbocycles. The van der Waals surface area contributed by atoms with Crippen molar-refractivity contribution in [3.63, 3.8) is 0 Å². The van der Waals surface area contributed by atoms with Crippen molar-refractivity contribution in [1.29, 1.82) is 0 Å². The Labute approximate surface area is 161 Å². The molecule has 0 radical (unpaired) electrons. The minimum atomic E-state index is -0.142. The zero-order valence-electron chi connectivity index (χ0n) is 16.2. The van der Waals surface area contributed by atoms with E-state index < -0.39 is 0 Å². The van der Waals surface area contributed by atoms with Gasteiger partial charge in [0.2, 0.25) is 11.8 Å². The van der Waals surface area contributed by atoms with E-state index in [2.05, 4.69) is 17.4 Å². The highest BCUT2D eigenvalue weighted by Crippen LogP contribution is 2.27. The van der Waals surface area contributed by atoms with Crippen LogP contribution in [0.2, 0.25) is 0 Å². The van der Waals surface area contributed by atoms with Crippen molar-refractivity contribution in [3.8, 4) is 0 Å². The molecule has 0 aliphatic carbocycles. The Morgan fingerprint density at radius 1 is 1.07 bits per heavy atom. The van der Waals surface area contributed by atoms with Gasteiger partial charge in [0.25, 0.3) is 0 Å². The van der Waals surface area contributed by atoms with E-state index in [0.29, 0.717) is 25.8 Å². The van der Waals surface area contributed by atoms with Crippen LogP contribution in [0.25, 0.3) is 0 Å². The molecule has 0 saturated heterocycles. The summed E-state index contributed by atoms with van der Waals surface area (Å²) in [6.07, 6.45) is 1.65. The Morgan fingerprint density at radius 3 is 2.48 bits per heavy atom. The summed E-state index contributed by atoms with van der Waals surface area (Å²) in [5.41, 5.74) is 4.27. The van der Waals surface area contributed by atoms with Gasteiger partial charge in [-0.3, -0.25) is 9.59 Å². The Balaban J connectivity index is 1.52. The van der Waals surface area contributed by atoms with Gasteiger partial charge in [-0.05, 0) is 42.2 Å². The molecular weight excluding hydrogens is 338 g/mol. The Morgan fingerprint density at radius 2 is 1.78 bits per heavy atom. The first kappa shape index (κ1) is 19.0. The number of nitrogens with one attached hydrogen (secondary N) is 1. The number of hydrogen-bond acceptors (Lipinski definition) is 3. The molecule has 1 atom stereocenters. The number of carbonyl (C=O) groups excluding carboxylic acids is 2. The molecule has 0 fully saturated rings. The first-order chi connectivity index (χ1) is 12.9. The fourth-order valence-corrected chi connectivity index (χ4v) is 3.40. The molecule has 2 amide bonds. The number of para-hydroxylation sites is 1. The van der Waals surface area contributed by atoms with Gasteiger partial charge in [-0.1, -0.05) is 30.3 Å². The van der Waals surface area contributed by atoms with Gasteiger partial charge < -0.3 is 15.1 Å². The standard InChI is InChI=1S/C22H27N3O2/c1-24(2)19-11-8-16(9-12-19)15-25(3)21(26)13-10-18-14-17-6-4-5-7-20(17)23-22(18)27/h4-9,11-12,18H,10,13-15H2,1-3H3,(H,23,27). The van der Waals surface area contributed by atoms with Gasteiger partial charge in [0, 0.05) is 51.4 Å². The summed E-state index contributed by atoms with van der Waals surface area (Å²) in [6.45, 7) is 0.576. The van der Waals surface area contributed by atoms with E-state index in [4.69, 9.17) is 0 Å². The first-order valence-electron chi connectivity index (χ1n) is 9.33. The lowest BCUT2D eigenvalue weighted by atomic mass is 9.89. The van der Waals surface area contributed by atoms with Gasteiger partial charge in [-0.15, -0.1) is 0 Å². The lowest BCUT2D eigenvalue weighted by molar-refractivity contribution is -0.131. The fourth-order valence-electron chi connectivity index (χ4n) is 3.40. The summed E-state index contributed by atoms with van der Waals surface area (Å²) in [5.74, 6) is -0.0570. The third-order valence-electron chi connectivity index (χ3n) is 5.12. The van der Waals surface area contributed by atoms with Crippen molar-refractivity contribution in [1.82, 2.24) is 4.90 Å². The van der Waals surface area contributed by atoms with Gasteiger partial charge in [0.1, 0.15) is 0 Å². The number of hydrogen-bond donors (Lipinski definition) is 1. The van der Waals surface area contributed by atoms with E-state index in [1.165, 1.54) is 0 Å². The normalized spacial score (nSPS) is 15.7. The molecule has 5 heteroatoms. The van der Waals surface area contributed by atoms with Crippen molar-refractivity contribution in [3.05, 3.63) is 59.7 Å². The molecule has 27 heavy (non-hydrogen) atoms. The summed E-state index contributed by atoms with van der Waals surface area (Å²) < 4.78 is 0. The van der Waals surface area contributed by atoms with Gasteiger partial charge >= 0.3 is 0 Å². The third-order valence-corrected chi connectivity index (χ3v) is 5.12. The fraction of sp³-hybridized carbons (Fsp3) is 0.364. The molecule has 0 bridgehead atoms. The molecule has 2 aromatic rings. The minimum Gasteiger partial charge on any atom is -0.378 e. The van der Waals surface area contributed by atoms with Crippen LogP contribution >= 0.6 is 0 Å². The molecule has 1 aliphatic rings. The SMILES string of the molecule is CN(Cc1ccc(N(C)C)cc1)C(=O)CCC1Cc2ccccc2NC1=O. The van der Waals surface area contributed by atoms with Crippen LogP contribution in [0.1, 0.15) is 24.0 Å². The number of amides is 2. The van der Waals surface area contributed by atoms with Crippen LogP contribution < -0.4 is 10.2 Å². The quantitative estimate of drug-likeness (QED) is 0.855. The molecule has 1 unspecified atom stereocenters. The van der Waals surface area contributed by atoms with E-state index in [9.17, 15) is 9.59 Å². The minimum absolute atomic E-state index is 0.0171. The first-order valence-corrected chi connectivity index (χ1v) is 9.33. The van der Waals surface area contributed by atoms with E-state index in [1.54, 1.807) is 4.90 Å². The molecule has 1 N–H and O–H groups in total. The van der Waals surface area contributed by atoms with Gasteiger partial charge in [-0.25, -0.2) is 0 Å². The third kappa shape index (κ3) is 4.67. The highest BCUT2D eigenvalue weighted by Gasteiger charge is 2.26. The molecule has 2 aromatic carbocycles. The number of fused-ring (bicyclic) bond motifs is 1. The number of nitrogens with zero attached hydrogens (tertiary/aromatic N) is 2. The van der Waals surface area contributed by atoms with Gasteiger partial charge in [0.05, 0.1) is 0 Å². The maximum Gasteiger partial charge on any atom is 0.227 e. The molecule has 0 spiro atoms. The van der Waals surface area contributed by atoms with Crippen LogP contribution in [0.5, 0.6) is 0 Å². The maximum atomic E-state index is 12.5. The van der Waals surface area contributed by atoms with Crippen molar-refractivity contribution < 1.29 is 9.59 Å². The van der Waals surface area contributed by atoms with Crippen LogP contribution in [0.3, 0.4) is 0 Å². The number of rotatable bonds is 6. The van der Waals surface area contributed by atoms with Gasteiger partial charge in [-0.2, -0.15) is 0 Å². The van der Waals surface area contributed by atoms with Crippen LogP contribution in [0.4, 0.5) is 11.4 Å². The summed E-state index contributed by atoms with van der Waals surface area (Å²) in [6, 6.07) is 16.1. The van der Waals surface area contributed by atoms with E-state index in [-0.39, 0.29) is 17.7 Å². The average molecular weight is 365 g/mol. The smallest absolute Gasteiger partial charge is 0.227 e. The Bertz CT molecular complexity index is 815. The predicted octanol–water partition coefficient (Wildman–Crippen LogP) is 3.30. The second-order valence-corrected chi connectivity index (χ2v) is 7.40. The predicted molar refractivity (Wildman–Crippen MR) is 109 cm³/mol. The largest absolute Gasteiger partial charge is 0.378 e. The summed E-state index contributed by atoms with van der Waals surface area (Å²) in [5, 5.41) is 2.95. The monoisotopic (exact) mass is 365 g/mol. The van der Waals surface area contributed by atoms with Crippen LogP contribution in [0.15, 0.2) is 48.5 Å². The number of benzene rings is 2. The molecule has 5 nitrogen and oxygen atoms in total. The van der Waals surface area contributed by atoms with Crippen molar-refractivity contribution in [2.24, 2.45) is 5.92 Å². The van der Waals surface area contributed by atoms with Gasteiger partial charge in [0.15, 0.2) is 0 Å². The number of carbonyl (C=O) groups is 2. The lowest BCUT2D eigenvalue weighted by Gasteiger charge is -2.25. The molecule has 3 rings (SSSR count). The average Bonchev–Trinajstić information content (AvgIpc) is 2.66. The molecule has 1 aliphatic heterocycles. The van der Waals surface area contributed by atoms with Crippen LogP contribution in [-0.4, -0.2) is 37.9 Å². The van der Waals surface area contributed by atoms with Crippen LogP contribution in [0, 0.1) is 5.92 Å². The summed E-state index contributed by atoms with van der Waals surface area (Å²) in [7, 11) is 5.83. The van der Waals surface area contributed by atoms with Crippen molar-refractivity contribution in [2.45, 2.75) is 25.8 Å². The zero-order chi connectivity index (χ0) is 19.4. The summed E-state index contributed by atoms with van der Waals surface area (Å²) in [4.78, 5) is 28.6. The van der Waals surface area contributed by atoms with Crippen molar-refractivity contribution >= 4 is 23.2 Å². The molecule has 142 valence electrons. The zero-order valence-corrected chi connectivity index (χ0v) is 16.2. The lowest BCUT2D eigenvalue weighted by Crippen LogP contribution is -2.32. The maximum absolute atomic E-state index is 12.5. The Hall–Kier alpha value is -2.82. The highest BCUT2D eigenvalue weighted by atomic mass is 16.2. The van der Waals surface area contributed by atoms with Crippen LogP contribution in [-0.2, 0) is 22.6 Å². The second kappa shape index (κ2) is 8.25. The Kier molecular flexibility index (Phi) is 5.79. The van der Waals surface area contributed by atoms with E-state index >= 15 is 0 Å². The second-order valence-electron chi connectivity index (χ2n) is 7.40. The van der Waals surface area contributed by atoms with E-state index in [0.717, 1.165) is 22.5 Å². The number of anilines is 2.